The third-order valence-electron chi connectivity index (χ3n) is 7.21. The van der Waals surface area contributed by atoms with Crippen LogP contribution in [-0.2, 0) is 32.2 Å². The molecule has 4 aromatic rings. The summed E-state index contributed by atoms with van der Waals surface area (Å²) in [4.78, 5) is 28.0. The molecule has 0 bridgehead atoms. The summed E-state index contributed by atoms with van der Waals surface area (Å²) in [7, 11) is 0. The molecule has 0 aliphatic carbocycles. The predicted octanol–water partition coefficient (Wildman–Crippen LogP) is 5.81. The van der Waals surface area contributed by atoms with Gasteiger partial charge in [0.25, 0.3) is 0 Å². The molecule has 1 aromatic heterocycles. The van der Waals surface area contributed by atoms with Crippen LogP contribution in [0, 0.1) is 0 Å². The number of benzene rings is 3. The molecule has 43 heavy (non-hydrogen) atoms. The lowest BCUT2D eigenvalue weighted by Gasteiger charge is -2.36. The Hall–Kier alpha value is -3.32. The van der Waals surface area contributed by atoms with Crippen molar-refractivity contribution < 1.29 is 29.4 Å². The topological polar surface area (TPSA) is 130 Å². The Morgan fingerprint density at radius 3 is 2.33 bits per heavy atom. The van der Waals surface area contributed by atoms with Crippen molar-refractivity contribution in [1.29, 1.82) is 0 Å². The number of nitrogens with one attached hydrogen (secondary N) is 2. The number of hydrogen-bond acceptors (Lipinski definition) is 9. The number of carbonyl (C=O) groups excluding carboxylic acids is 2. The van der Waals surface area contributed by atoms with Gasteiger partial charge in [-0.2, -0.15) is 0 Å². The van der Waals surface area contributed by atoms with Crippen LogP contribution in [0.2, 0.25) is 0 Å². The van der Waals surface area contributed by atoms with Gasteiger partial charge in [-0.1, -0.05) is 72.4 Å². The van der Waals surface area contributed by atoms with E-state index in [0.717, 1.165) is 37.9 Å². The number of para-hydroxylation sites is 1. The molecule has 3 unspecified atom stereocenters. The van der Waals surface area contributed by atoms with E-state index >= 15 is 0 Å². The highest BCUT2D eigenvalue weighted by atomic mass is 32.2. The Morgan fingerprint density at radius 1 is 0.907 bits per heavy atom. The van der Waals surface area contributed by atoms with E-state index < -0.39 is 12.2 Å². The van der Waals surface area contributed by atoms with Crippen molar-refractivity contribution in [3.8, 4) is 0 Å². The second-order valence-corrected chi connectivity index (χ2v) is 12.7. The lowest BCUT2D eigenvalue weighted by atomic mass is 10.0. The molecule has 1 aliphatic heterocycles. The number of aliphatic hydroxyl groups excluding tert-OH is 1. The molecule has 0 spiro atoms. The van der Waals surface area contributed by atoms with Crippen LogP contribution in [0.15, 0.2) is 77.1 Å². The number of hydrogen-bond donors (Lipinski definition) is 4. The fraction of sp³-hybridized carbons (Fsp3) is 0.344. The lowest BCUT2D eigenvalue weighted by Crippen LogP contribution is -2.31. The van der Waals surface area contributed by atoms with E-state index in [1.165, 1.54) is 4.70 Å². The number of thiazole rings is 1. The Bertz CT molecular complexity index is 1460. The summed E-state index contributed by atoms with van der Waals surface area (Å²) in [6.45, 7) is 0.388. The molecule has 0 saturated carbocycles. The molecule has 226 valence electrons. The van der Waals surface area contributed by atoms with Crippen LogP contribution < -0.4 is 10.8 Å². The number of amides is 2. The van der Waals surface area contributed by atoms with Crippen LogP contribution in [0.5, 0.6) is 0 Å². The summed E-state index contributed by atoms with van der Waals surface area (Å²) in [5.74, 6) is 0.200. The summed E-state index contributed by atoms with van der Waals surface area (Å²) in [5.41, 5.74) is 6.33. The van der Waals surface area contributed by atoms with Gasteiger partial charge in [-0.15, -0.1) is 11.3 Å². The largest absolute Gasteiger partial charge is 0.392 e. The molecule has 1 aliphatic rings. The van der Waals surface area contributed by atoms with Crippen LogP contribution >= 0.6 is 23.1 Å². The molecule has 2 heterocycles. The van der Waals surface area contributed by atoms with Gasteiger partial charge in [0, 0.05) is 37.1 Å². The van der Waals surface area contributed by atoms with Crippen molar-refractivity contribution in [2.75, 3.05) is 5.75 Å². The smallest absolute Gasteiger partial charge is 0.243 e. The average Bonchev–Trinajstić information content (AvgIpc) is 3.48. The quantitative estimate of drug-likeness (QED) is 0.0637. The minimum absolute atomic E-state index is 0.00484. The molecule has 1 fully saturated rings. The number of thioether (sulfide) groups is 1. The molecule has 9 nitrogen and oxygen atoms in total. The molecule has 11 heteroatoms. The fourth-order valence-electron chi connectivity index (χ4n) is 4.81. The zero-order chi connectivity index (χ0) is 30.0. The number of aliphatic hydroxyl groups is 1. The van der Waals surface area contributed by atoms with E-state index in [1.54, 1.807) is 28.6 Å². The maximum Gasteiger partial charge on any atom is 0.243 e. The van der Waals surface area contributed by atoms with Crippen LogP contribution in [0.1, 0.15) is 66.8 Å². The van der Waals surface area contributed by atoms with Crippen molar-refractivity contribution in [3.05, 3.63) is 95.1 Å². The number of rotatable bonds is 13. The Labute approximate surface area is 258 Å². The Balaban J connectivity index is 1.20. The summed E-state index contributed by atoms with van der Waals surface area (Å²) < 4.78 is 15.1. The highest BCUT2D eigenvalue weighted by molar-refractivity contribution is 8.01. The van der Waals surface area contributed by atoms with Crippen molar-refractivity contribution in [2.45, 2.75) is 68.1 Å². The number of carbonyl (C=O) groups is 2. The van der Waals surface area contributed by atoms with Gasteiger partial charge in [0.15, 0.2) is 10.6 Å². The van der Waals surface area contributed by atoms with E-state index in [4.69, 9.17) is 19.7 Å². The van der Waals surface area contributed by atoms with Crippen LogP contribution in [0.3, 0.4) is 0 Å². The first kappa shape index (κ1) is 31.1. The minimum Gasteiger partial charge on any atom is -0.392 e. The van der Waals surface area contributed by atoms with E-state index in [1.807, 2.05) is 66.7 Å². The molecule has 0 radical (unpaired) electrons. The highest BCUT2D eigenvalue weighted by Gasteiger charge is 2.32. The molecule has 3 aromatic carbocycles. The SMILES string of the molecule is O=C(CCCCC(=O)NCc1ccc(C2OC(CSc3nc4ccccc4s3)CC(c3ccc(CO)cc3)O2)cc1)NO. The van der Waals surface area contributed by atoms with Crippen molar-refractivity contribution in [3.63, 3.8) is 0 Å². The van der Waals surface area contributed by atoms with Crippen molar-refractivity contribution >= 4 is 45.1 Å². The fourth-order valence-corrected chi connectivity index (χ4v) is 6.92. The molecular formula is C32H35N3O6S2. The number of aromatic nitrogens is 1. The van der Waals surface area contributed by atoms with E-state index in [9.17, 15) is 14.7 Å². The van der Waals surface area contributed by atoms with Crippen LogP contribution in [0.4, 0.5) is 0 Å². The first-order chi connectivity index (χ1) is 21.0. The second kappa shape index (κ2) is 15.4. The third-order valence-corrected chi connectivity index (χ3v) is 9.52. The molecule has 2 amide bonds. The standard InChI is InChI=1S/C32H35N3O6S2/c36-19-22-11-13-23(14-12-22)27-17-25(20-42-32-34-26-5-1-2-6-28(26)43-32)40-31(41-27)24-15-9-21(10-16-24)18-33-29(37)7-3-4-8-30(38)35-39/h1-2,5-6,9-16,25,27,31,36,39H,3-4,7-8,17-20H2,(H,33,37)(H,35,38). The summed E-state index contributed by atoms with van der Waals surface area (Å²) in [6.07, 6.45) is 1.50. The number of fused-ring (bicyclic) bond motifs is 1. The van der Waals surface area contributed by atoms with Gasteiger partial charge in [-0.3, -0.25) is 14.8 Å². The van der Waals surface area contributed by atoms with E-state index in [-0.39, 0.29) is 31.1 Å². The van der Waals surface area contributed by atoms with E-state index in [0.29, 0.717) is 32.2 Å². The zero-order valence-electron chi connectivity index (χ0n) is 23.6. The van der Waals surface area contributed by atoms with Gasteiger partial charge in [0.2, 0.25) is 11.8 Å². The van der Waals surface area contributed by atoms with Gasteiger partial charge >= 0.3 is 0 Å². The summed E-state index contributed by atoms with van der Waals surface area (Å²) in [5, 5.41) is 20.9. The third kappa shape index (κ3) is 8.85. The van der Waals surface area contributed by atoms with Gasteiger partial charge in [-0.05, 0) is 41.7 Å². The molecular weight excluding hydrogens is 587 g/mol. The monoisotopic (exact) mass is 621 g/mol. The lowest BCUT2D eigenvalue weighted by molar-refractivity contribution is -0.245. The number of ether oxygens (including phenoxy) is 2. The van der Waals surface area contributed by atoms with Gasteiger partial charge in [-0.25, -0.2) is 10.5 Å². The molecule has 1 saturated heterocycles. The maximum atomic E-state index is 12.2. The first-order valence-electron chi connectivity index (χ1n) is 14.3. The van der Waals surface area contributed by atoms with Crippen molar-refractivity contribution in [2.24, 2.45) is 0 Å². The summed E-state index contributed by atoms with van der Waals surface area (Å²) in [6, 6.07) is 23.8. The van der Waals surface area contributed by atoms with E-state index in [2.05, 4.69) is 11.4 Å². The average molecular weight is 622 g/mol. The maximum absolute atomic E-state index is 12.2. The molecule has 4 N–H and O–H groups in total. The van der Waals surface area contributed by atoms with Crippen LogP contribution in [0.25, 0.3) is 10.2 Å². The molecule has 5 rings (SSSR count). The minimum atomic E-state index is -0.558. The van der Waals surface area contributed by atoms with Crippen molar-refractivity contribution in [1.82, 2.24) is 15.8 Å². The Morgan fingerprint density at radius 2 is 1.60 bits per heavy atom. The first-order valence-corrected chi connectivity index (χ1v) is 16.1. The summed E-state index contributed by atoms with van der Waals surface area (Å²) >= 11 is 3.38. The zero-order valence-corrected chi connectivity index (χ0v) is 25.2. The second-order valence-electron chi connectivity index (χ2n) is 10.4. The van der Waals surface area contributed by atoms with Crippen LogP contribution in [-0.4, -0.2) is 39.0 Å². The Kier molecular flexibility index (Phi) is 11.2. The van der Waals surface area contributed by atoms with Gasteiger partial charge < -0.3 is 19.9 Å². The number of nitrogens with zero attached hydrogens (tertiary/aromatic N) is 1. The van der Waals surface area contributed by atoms with Gasteiger partial charge in [0.1, 0.15) is 0 Å². The molecule has 3 atom stereocenters. The van der Waals surface area contributed by atoms with Gasteiger partial charge in [0.05, 0.1) is 29.0 Å². The normalized spacial score (nSPS) is 18.4. The number of unbranched alkanes of at least 4 members (excludes halogenated alkanes) is 1. The predicted molar refractivity (Wildman–Crippen MR) is 165 cm³/mol. The highest BCUT2D eigenvalue weighted by Crippen LogP contribution is 2.40. The number of hydroxylamine groups is 1.